The molecular formula is C21H31N3O2S. The van der Waals surface area contributed by atoms with E-state index in [0.29, 0.717) is 12.1 Å². The third-order valence-electron chi connectivity index (χ3n) is 5.57. The van der Waals surface area contributed by atoms with Gasteiger partial charge in [0.15, 0.2) is 5.11 Å². The van der Waals surface area contributed by atoms with Crippen LogP contribution in [0.3, 0.4) is 0 Å². The van der Waals surface area contributed by atoms with E-state index in [2.05, 4.69) is 15.5 Å². The minimum absolute atomic E-state index is 0.133. The molecule has 0 saturated carbocycles. The fourth-order valence-electron chi connectivity index (χ4n) is 4.16. The van der Waals surface area contributed by atoms with Crippen molar-refractivity contribution in [2.75, 3.05) is 12.4 Å². The number of benzene rings is 1. The van der Waals surface area contributed by atoms with Crippen LogP contribution in [0.25, 0.3) is 0 Å². The minimum atomic E-state index is -0.354. The highest BCUT2D eigenvalue weighted by Crippen LogP contribution is 2.35. The van der Waals surface area contributed by atoms with Gasteiger partial charge in [0, 0.05) is 23.5 Å². The predicted octanol–water partition coefficient (Wildman–Crippen LogP) is 3.94. The van der Waals surface area contributed by atoms with E-state index in [1.54, 1.807) is 7.11 Å². The summed E-state index contributed by atoms with van der Waals surface area (Å²) in [6, 6.07) is 8.82. The number of para-hydroxylation sites is 2. The lowest BCUT2D eigenvalue weighted by atomic mass is 9.81. The first-order chi connectivity index (χ1) is 12.8. The number of hydrogen-bond acceptors (Lipinski definition) is 3. The number of amides is 1. The topological polar surface area (TPSA) is 53.6 Å². The van der Waals surface area contributed by atoms with Crippen LogP contribution < -0.4 is 15.4 Å². The van der Waals surface area contributed by atoms with Crippen LogP contribution in [0.5, 0.6) is 5.75 Å². The van der Waals surface area contributed by atoms with Crippen LogP contribution in [0.1, 0.15) is 52.9 Å². The van der Waals surface area contributed by atoms with Gasteiger partial charge in [-0.15, -0.1) is 0 Å². The van der Waals surface area contributed by atoms with E-state index in [9.17, 15) is 4.79 Å². The summed E-state index contributed by atoms with van der Waals surface area (Å²) in [4.78, 5) is 14.8. The van der Waals surface area contributed by atoms with Crippen molar-refractivity contribution in [3.05, 3.63) is 24.3 Å². The molecule has 2 saturated heterocycles. The van der Waals surface area contributed by atoms with Crippen molar-refractivity contribution < 1.29 is 9.53 Å². The zero-order chi connectivity index (χ0) is 19.6. The van der Waals surface area contributed by atoms with E-state index in [-0.39, 0.29) is 17.4 Å². The van der Waals surface area contributed by atoms with Crippen molar-refractivity contribution >= 4 is 28.9 Å². The van der Waals surface area contributed by atoms with Gasteiger partial charge in [0.05, 0.1) is 12.8 Å². The van der Waals surface area contributed by atoms with Crippen molar-refractivity contribution in [3.8, 4) is 5.75 Å². The van der Waals surface area contributed by atoms with E-state index in [0.717, 1.165) is 42.2 Å². The van der Waals surface area contributed by atoms with Crippen molar-refractivity contribution in [3.63, 3.8) is 0 Å². The minimum Gasteiger partial charge on any atom is -0.495 e. The van der Waals surface area contributed by atoms with Crippen molar-refractivity contribution in [2.45, 2.75) is 71.0 Å². The second kappa shape index (κ2) is 8.05. The van der Waals surface area contributed by atoms with Crippen LogP contribution >= 0.6 is 12.2 Å². The van der Waals surface area contributed by atoms with Gasteiger partial charge in [-0.05, 0) is 56.5 Å². The number of ether oxygens (including phenoxy) is 1. The molecule has 3 rings (SSSR count). The number of methoxy groups -OCH3 is 1. The van der Waals surface area contributed by atoms with Crippen LogP contribution in [0, 0.1) is 5.41 Å². The van der Waals surface area contributed by atoms with Gasteiger partial charge in [-0.25, -0.2) is 0 Å². The van der Waals surface area contributed by atoms with Gasteiger partial charge in [-0.1, -0.05) is 32.9 Å². The van der Waals surface area contributed by atoms with Gasteiger partial charge < -0.3 is 20.3 Å². The van der Waals surface area contributed by atoms with E-state index in [1.165, 1.54) is 6.42 Å². The number of nitrogens with one attached hydrogen (secondary N) is 2. The van der Waals surface area contributed by atoms with Gasteiger partial charge in [-0.3, -0.25) is 4.79 Å². The summed E-state index contributed by atoms with van der Waals surface area (Å²) in [7, 11) is 1.67. The number of anilines is 1. The van der Waals surface area contributed by atoms with Gasteiger partial charge in [-0.2, -0.15) is 0 Å². The van der Waals surface area contributed by atoms with Gasteiger partial charge in [0.2, 0.25) is 5.91 Å². The molecule has 2 atom stereocenters. The highest BCUT2D eigenvalue weighted by atomic mass is 32.1. The van der Waals surface area contributed by atoms with Crippen molar-refractivity contribution in [1.82, 2.24) is 10.2 Å². The molecule has 6 heteroatoms. The fraction of sp³-hybridized carbons (Fsp3) is 0.619. The Labute approximate surface area is 167 Å². The molecule has 27 heavy (non-hydrogen) atoms. The number of rotatable bonds is 3. The van der Waals surface area contributed by atoms with E-state index in [4.69, 9.17) is 17.0 Å². The van der Waals surface area contributed by atoms with Crippen LogP contribution in [0.2, 0.25) is 0 Å². The Morgan fingerprint density at radius 2 is 1.81 bits per heavy atom. The monoisotopic (exact) mass is 389 g/mol. The number of nitrogens with zero attached hydrogens (tertiary/aromatic N) is 1. The number of carbonyl (C=O) groups is 1. The average Bonchev–Trinajstić information content (AvgIpc) is 2.60. The second-order valence-electron chi connectivity index (χ2n) is 8.67. The number of hydrogen-bond donors (Lipinski definition) is 2. The predicted molar refractivity (Wildman–Crippen MR) is 113 cm³/mol. The first-order valence-electron chi connectivity index (χ1n) is 9.83. The Hall–Kier alpha value is -1.82. The van der Waals surface area contributed by atoms with Crippen molar-refractivity contribution in [1.29, 1.82) is 0 Å². The molecule has 148 valence electrons. The zero-order valence-electron chi connectivity index (χ0n) is 16.7. The second-order valence-corrected chi connectivity index (χ2v) is 9.05. The Bertz CT molecular complexity index is 687. The number of fused-ring (bicyclic) bond motifs is 2. The maximum atomic E-state index is 12.4. The van der Waals surface area contributed by atoms with E-state index >= 15 is 0 Å². The quantitative estimate of drug-likeness (QED) is 0.767. The third kappa shape index (κ3) is 4.54. The molecule has 1 aromatic carbocycles. The largest absolute Gasteiger partial charge is 0.495 e. The maximum absolute atomic E-state index is 12.4. The Morgan fingerprint density at radius 3 is 2.41 bits per heavy atom. The van der Waals surface area contributed by atoms with E-state index in [1.807, 2.05) is 45.0 Å². The molecule has 2 N–H and O–H groups in total. The molecule has 0 radical (unpaired) electrons. The molecule has 0 unspecified atom stereocenters. The SMILES string of the molecule is COc1ccccc1NC(=S)N1[C@@H]2CCC[C@@H]1CC(NC(=O)C(C)(C)C)C2. The highest BCUT2D eigenvalue weighted by molar-refractivity contribution is 7.80. The summed E-state index contributed by atoms with van der Waals surface area (Å²) in [6.45, 7) is 5.89. The maximum Gasteiger partial charge on any atom is 0.225 e. The number of carbonyl (C=O) groups excluding carboxylic acids is 1. The molecule has 2 aliphatic rings. The third-order valence-corrected chi connectivity index (χ3v) is 5.89. The van der Waals surface area contributed by atoms with Gasteiger partial charge >= 0.3 is 0 Å². The van der Waals surface area contributed by atoms with Gasteiger partial charge in [0.25, 0.3) is 0 Å². The molecule has 2 fully saturated rings. The van der Waals surface area contributed by atoms with Crippen LogP contribution in [-0.4, -0.2) is 41.2 Å². The van der Waals surface area contributed by atoms with Crippen LogP contribution in [0.15, 0.2) is 24.3 Å². The molecule has 0 spiro atoms. The van der Waals surface area contributed by atoms with E-state index < -0.39 is 0 Å². The lowest BCUT2D eigenvalue weighted by Crippen LogP contribution is -2.60. The molecule has 2 bridgehead atoms. The highest BCUT2D eigenvalue weighted by Gasteiger charge is 2.40. The summed E-state index contributed by atoms with van der Waals surface area (Å²) in [6.07, 6.45) is 5.36. The lowest BCUT2D eigenvalue weighted by Gasteiger charge is -2.50. The molecule has 0 aliphatic carbocycles. The first-order valence-corrected chi connectivity index (χ1v) is 10.2. The normalized spacial score (nSPS) is 24.9. The van der Waals surface area contributed by atoms with Gasteiger partial charge in [0.1, 0.15) is 5.75 Å². The molecule has 2 heterocycles. The zero-order valence-corrected chi connectivity index (χ0v) is 17.6. The standard InChI is InChI=1S/C21H31N3O2S/c1-21(2,3)19(25)22-14-12-15-8-7-9-16(13-14)24(15)20(27)23-17-10-5-6-11-18(17)26-4/h5-6,10-11,14-16H,7-9,12-13H2,1-4H3,(H,22,25)(H,23,27)/t15-,16-/m1/s1. The summed E-state index contributed by atoms with van der Waals surface area (Å²) in [5, 5.41) is 7.41. The average molecular weight is 390 g/mol. The first kappa shape index (κ1) is 19.9. The molecule has 0 aromatic heterocycles. The molecule has 1 amide bonds. The Kier molecular flexibility index (Phi) is 5.94. The fourth-order valence-corrected chi connectivity index (χ4v) is 4.57. The Balaban J connectivity index is 1.69. The van der Waals surface area contributed by atoms with Crippen molar-refractivity contribution in [2.24, 2.45) is 5.41 Å². The molecular weight excluding hydrogens is 358 g/mol. The summed E-state index contributed by atoms with van der Waals surface area (Å²) >= 11 is 5.78. The molecule has 1 aromatic rings. The number of thiocarbonyl (C=S) groups is 1. The lowest BCUT2D eigenvalue weighted by molar-refractivity contribution is -0.129. The molecule has 5 nitrogen and oxygen atoms in total. The van der Waals surface area contributed by atoms with Crippen LogP contribution in [0.4, 0.5) is 5.69 Å². The number of piperidine rings is 2. The smallest absolute Gasteiger partial charge is 0.225 e. The molecule has 2 aliphatic heterocycles. The summed E-state index contributed by atoms with van der Waals surface area (Å²) in [5.74, 6) is 0.922. The Morgan fingerprint density at radius 1 is 1.19 bits per heavy atom. The summed E-state index contributed by atoms with van der Waals surface area (Å²) in [5.41, 5.74) is 0.540. The van der Waals surface area contributed by atoms with Crippen LogP contribution in [-0.2, 0) is 4.79 Å². The summed E-state index contributed by atoms with van der Waals surface area (Å²) < 4.78 is 5.43.